The minimum absolute atomic E-state index is 0.0529. The summed E-state index contributed by atoms with van der Waals surface area (Å²) in [7, 11) is 0. The monoisotopic (exact) mass is 332 g/mol. The van der Waals surface area contributed by atoms with Gasteiger partial charge in [0.15, 0.2) is 0 Å². The minimum atomic E-state index is -0.367. The zero-order valence-electron chi connectivity index (χ0n) is 14.2. The molecule has 0 saturated heterocycles. The third-order valence-electron chi connectivity index (χ3n) is 4.25. The van der Waals surface area contributed by atoms with Crippen LogP contribution >= 0.6 is 0 Å². The summed E-state index contributed by atoms with van der Waals surface area (Å²) < 4.78 is 13.7. The number of carbonyl (C=O) groups excluding carboxylic acids is 2. The third-order valence-corrected chi connectivity index (χ3v) is 4.25. The molecule has 0 atom stereocenters. The van der Waals surface area contributed by atoms with Crippen LogP contribution in [0.1, 0.15) is 44.6 Å². The molecule has 1 aromatic carbocycles. The molecule has 0 fully saturated rings. The van der Waals surface area contributed by atoms with Gasteiger partial charge < -0.3 is 10.2 Å². The molecule has 5 heteroatoms. The molecule has 0 spiro atoms. The Labute approximate surface area is 142 Å². The number of rotatable bonds is 7. The van der Waals surface area contributed by atoms with Crippen LogP contribution in [-0.4, -0.2) is 29.8 Å². The number of nitrogens with one attached hydrogen (secondary N) is 1. The average Bonchev–Trinajstić information content (AvgIpc) is 2.57. The topological polar surface area (TPSA) is 49.4 Å². The van der Waals surface area contributed by atoms with Gasteiger partial charge in [0.05, 0.1) is 6.54 Å². The van der Waals surface area contributed by atoms with E-state index in [0.29, 0.717) is 12.1 Å². The molecule has 0 saturated carbocycles. The fraction of sp³-hybridized carbons (Fsp3) is 0.474. The lowest BCUT2D eigenvalue weighted by Gasteiger charge is -2.21. The Bertz CT molecular complexity index is 613. The number of amides is 2. The van der Waals surface area contributed by atoms with E-state index in [0.717, 1.165) is 19.3 Å². The van der Waals surface area contributed by atoms with Crippen molar-refractivity contribution in [3.8, 4) is 0 Å². The van der Waals surface area contributed by atoms with Crippen LogP contribution in [0.4, 0.5) is 4.39 Å². The molecule has 0 heterocycles. The second kappa shape index (κ2) is 9.21. The molecule has 0 radical (unpaired) electrons. The van der Waals surface area contributed by atoms with Crippen molar-refractivity contribution in [2.24, 2.45) is 0 Å². The predicted molar refractivity (Wildman–Crippen MR) is 91.7 cm³/mol. The van der Waals surface area contributed by atoms with Gasteiger partial charge in [0.2, 0.25) is 11.8 Å². The summed E-state index contributed by atoms with van der Waals surface area (Å²) >= 11 is 0. The van der Waals surface area contributed by atoms with E-state index in [1.54, 1.807) is 18.2 Å². The van der Waals surface area contributed by atoms with E-state index < -0.39 is 0 Å². The highest BCUT2D eigenvalue weighted by Crippen LogP contribution is 2.19. The summed E-state index contributed by atoms with van der Waals surface area (Å²) in [6, 6.07) is 6.29. The zero-order valence-corrected chi connectivity index (χ0v) is 14.2. The molecule has 130 valence electrons. The van der Waals surface area contributed by atoms with E-state index in [4.69, 9.17) is 0 Å². The lowest BCUT2D eigenvalue weighted by Crippen LogP contribution is -2.39. The van der Waals surface area contributed by atoms with E-state index in [1.807, 2.05) is 0 Å². The molecule has 1 aromatic rings. The molecule has 2 amide bonds. The van der Waals surface area contributed by atoms with Gasteiger partial charge in [-0.25, -0.2) is 4.39 Å². The molecule has 0 unspecified atom stereocenters. The maximum absolute atomic E-state index is 13.7. The van der Waals surface area contributed by atoms with Crippen LogP contribution in [0.15, 0.2) is 35.9 Å². The SMILES string of the molecule is CC(=O)N(CC(=O)NCCC1=CCCCC1)Cc1ccccc1F. The smallest absolute Gasteiger partial charge is 0.239 e. The van der Waals surface area contributed by atoms with Gasteiger partial charge in [-0.1, -0.05) is 29.8 Å². The van der Waals surface area contributed by atoms with E-state index in [1.165, 1.54) is 36.3 Å². The van der Waals surface area contributed by atoms with Crippen LogP contribution in [-0.2, 0) is 16.1 Å². The maximum atomic E-state index is 13.7. The molecular formula is C19H25FN2O2. The summed E-state index contributed by atoms with van der Waals surface area (Å²) in [4.78, 5) is 25.1. The Morgan fingerprint density at radius 2 is 2.04 bits per heavy atom. The Morgan fingerprint density at radius 1 is 1.25 bits per heavy atom. The predicted octanol–water partition coefficient (Wildman–Crippen LogP) is 3.18. The Balaban J connectivity index is 1.81. The van der Waals surface area contributed by atoms with E-state index in [9.17, 15) is 14.0 Å². The molecule has 1 aliphatic rings. The Morgan fingerprint density at radius 3 is 2.71 bits per heavy atom. The molecule has 24 heavy (non-hydrogen) atoms. The van der Waals surface area contributed by atoms with Crippen molar-refractivity contribution >= 4 is 11.8 Å². The first-order valence-electron chi connectivity index (χ1n) is 8.50. The molecule has 0 aliphatic heterocycles. The van der Waals surface area contributed by atoms with Crippen molar-refractivity contribution in [2.45, 2.75) is 45.6 Å². The highest BCUT2D eigenvalue weighted by molar-refractivity contribution is 5.83. The fourth-order valence-corrected chi connectivity index (χ4v) is 2.83. The van der Waals surface area contributed by atoms with E-state index in [2.05, 4.69) is 11.4 Å². The summed E-state index contributed by atoms with van der Waals surface area (Å²) in [5, 5.41) is 2.85. The van der Waals surface area contributed by atoms with Crippen molar-refractivity contribution in [3.05, 3.63) is 47.3 Å². The molecule has 0 bridgehead atoms. The van der Waals surface area contributed by atoms with E-state index in [-0.39, 0.29) is 30.7 Å². The number of carbonyl (C=O) groups is 2. The first kappa shape index (κ1) is 18.2. The van der Waals surface area contributed by atoms with E-state index >= 15 is 0 Å². The van der Waals surface area contributed by atoms with Crippen molar-refractivity contribution in [1.82, 2.24) is 10.2 Å². The van der Waals surface area contributed by atoms with Crippen LogP contribution in [0.2, 0.25) is 0 Å². The quantitative estimate of drug-likeness (QED) is 0.780. The summed E-state index contributed by atoms with van der Waals surface area (Å²) in [5.41, 5.74) is 1.81. The van der Waals surface area contributed by atoms with Gasteiger partial charge in [-0.05, 0) is 38.2 Å². The highest BCUT2D eigenvalue weighted by Gasteiger charge is 2.15. The van der Waals surface area contributed by atoms with Crippen molar-refractivity contribution < 1.29 is 14.0 Å². The van der Waals surface area contributed by atoms with Gasteiger partial charge >= 0.3 is 0 Å². The summed E-state index contributed by atoms with van der Waals surface area (Å²) in [6.07, 6.45) is 7.83. The molecule has 1 N–H and O–H groups in total. The number of benzene rings is 1. The van der Waals surface area contributed by atoms with Gasteiger partial charge in [-0.2, -0.15) is 0 Å². The number of hydrogen-bond donors (Lipinski definition) is 1. The van der Waals surface area contributed by atoms with Crippen LogP contribution in [0.25, 0.3) is 0 Å². The largest absolute Gasteiger partial charge is 0.354 e. The first-order valence-corrected chi connectivity index (χ1v) is 8.50. The number of hydrogen-bond acceptors (Lipinski definition) is 2. The van der Waals surface area contributed by atoms with Gasteiger partial charge in [-0.3, -0.25) is 9.59 Å². The normalized spacial score (nSPS) is 14.0. The Kier molecular flexibility index (Phi) is 6.97. The van der Waals surface area contributed by atoms with Gasteiger partial charge in [-0.15, -0.1) is 0 Å². The van der Waals surface area contributed by atoms with Crippen LogP contribution in [0.5, 0.6) is 0 Å². The molecular weight excluding hydrogens is 307 g/mol. The highest BCUT2D eigenvalue weighted by atomic mass is 19.1. The van der Waals surface area contributed by atoms with Gasteiger partial charge in [0, 0.05) is 25.6 Å². The van der Waals surface area contributed by atoms with Crippen molar-refractivity contribution in [1.29, 1.82) is 0 Å². The summed E-state index contributed by atoms with van der Waals surface area (Å²) in [6.45, 7) is 2.01. The molecule has 1 aliphatic carbocycles. The van der Waals surface area contributed by atoms with Crippen LogP contribution in [0.3, 0.4) is 0 Å². The first-order chi connectivity index (χ1) is 11.6. The van der Waals surface area contributed by atoms with Crippen LogP contribution in [0, 0.1) is 5.82 Å². The molecule has 0 aromatic heterocycles. The third kappa shape index (κ3) is 5.80. The lowest BCUT2D eigenvalue weighted by molar-refractivity contribution is -0.134. The van der Waals surface area contributed by atoms with Gasteiger partial charge in [0.1, 0.15) is 5.82 Å². The number of nitrogens with zero attached hydrogens (tertiary/aromatic N) is 1. The average molecular weight is 332 g/mol. The fourth-order valence-electron chi connectivity index (χ4n) is 2.83. The van der Waals surface area contributed by atoms with Crippen LogP contribution < -0.4 is 5.32 Å². The standard InChI is InChI=1S/C19H25FN2O2/c1-15(23)22(13-17-9-5-6-10-18(17)20)14-19(24)21-12-11-16-7-3-2-4-8-16/h5-7,9-10H,2-4,8,11-14H2,1H3,(H,21,24). The Hall–Kier alpha value is -2.17. The lowest BCUT2D eigenvalue weighted by atomic mass is 9.97. The minimum Gasteiger partial charge on any atom is -0.354 e. The second-order valence-corrected chi connectivity index (χ2v) is 6.17. The van der Waals surface area contributed by atoms with Crippen molar-refractivity contribution in [3.63, 3.8) is 0 Å². The maximum Gasteiger partial charge on any atom is 0.239 e. The number of allylic oxidation sites excluding steroid dienone is 1. The van der Waals surface area contributed by atoms with Gasteiger partial charge in [0.25, 0.3) is 0 Å². The van der Waals surface area contributed by atoms with Crippen molar-refractivity contribution in [2.75, 3.05) is 13.1 Å². The second-order valence-electron chi connectivity index (χ2n) is 6.17. The molecule has 4 nitrogen and oxygen atoms in total. The number of halogens is 1. The molecule has 2 rings (SSSR count). The summed E-state index contributed by atoms with van der Waals surface area (Å²) in [5.74, 6) is -0.824. The zero-order chi connectivity index (χ0) is 17.4.